The van der Waals surface area contributed by atoms with E-state index in [1.165, 1.54) is 4.57 Å². The maximum atomic E-state index is 12.8. The van der Waals surface area contributed by atoms with Gasteiger partial charge in [0.15, 0.2) is 0 Å². The number of nitrogens with one attached hydrogen (secondary N) is 2. The molecule has 2 amide bonds. The van der Waals surface area contributed by atoms with Crippen LogP contribution in [-0.2, 0) is 16.1 Å². The summed E-state index contributed by atoms with van der Waals surface area (Å²) >= 11 is 0.988. The maximum absolute atomic E-state index is 12.8. The van der Waals surface area contributed by atoms with Gasteiger partial charge in [0, 0.05) is 36.5 Å². The first-order chi connectivity index (χ1) is 16.0. The van der Waals surface area contributed by atoms with Gasteiger partial charge in [0.2, 0.25) is 11.8 Å². The summed E-state index contributed by atoms with van der Waals surface area (Å²) in [6, 6.07) is 9.57. The van der Waals surface area contributed by atoms with E-state index in [9.17, 15) is 19.2 Å². The lowest BCUT2D eigenvalue weighted by Gasteiger charge is -2.28. The molecule has 0 aliphatic heterocycles. The summed E-state index contributed by atoms with van der Waals surface area (Å²) in [5.41, 5.74) is 2.28. The van der Waals surface area contributed by atoms with Crippen molar-refractivity contribution < 1.29 is 14.8 Å². The number of hydrogen-bond acceptors (Lipinski definition) is 6. The lowest BCUT2D eigenvalue weighted by molar-refractivity contribution is -0.129. The van der Waals surface area contributed by atoms with Crippen LogP contribution in [0.25, 0.3) is 0 Å². The average Bonchev–Trinajstić information content (AvgIpc) is 3.10. The number of hydrogen-bond donors (Lipinski definition) is 3. The van der Waals surface area contributed by atoms with E-state index < -0.39 is 0 Å². The highest BCUT2D eigenvalue weighted by molar-refractivity contribution is 7.03. The smallest absolute Gasteiger partial charge is 0.341 e. The van der Waals surface area contributed by atoms with Crippen LogP contribution < -0.4 is 21.4 Å². The van der Waals surface area contributed by atoms with Crippen LogP contribution in [0.3, 0.4) is 0 Å². The molecular weight excluding hydrogens is 444 g/mol. The Hall–Kier alpha value is -2.72. The van der Waals surface area contributed by atoms with Crippen LogP contribution in [-0.4, -0.2) is 31.6 Å². The molecule has 1 saturated carbocycles. The molecule has 0 unspecified atom stereocenters. The third kappa shape index (κ3) is 7.40. The fourth-order valence-electron chi connectivity index (χ4n) is 4.23. The minimum atomic E-state index is -0.384. The van der Waals surface area contributed by atoms with Crippen molar-refractivity contribution in [2.75, 3.05) is 0 Å². The van der Waals surface area contributed by atoms with E-state index in [0.29, 0.717) is 19.3 Å². The van der Waals surface area contributed by atoms with Gasteiger partial charge in [0.05, 0.1) is 6.54 Å². The highest BCUT2D eigenvalue weighted by Gasteiger charge is 2.26. The molecule has 180 valence electrons. The van der Waals surface area contributed by atoms with Gasteiger partial charge >= 0.3 is 10.6 Å². The van der Waals surface area contributed by atoms with Crippen LogP contribution >= 0.6 is 11.5 Å². The average molecular weight is 477 g/mol. The largest absolute Gasteiger partial charge is 0.353 e. The molecule has 3 rings (SSSR count). The van der Waals surface area contributed by atoms with Gasteiger partial charge in [0.1, 0.15) is 0 Å². The zero-order chi connectivity index (χ0) is 23.6. The zero-order valence-corrected chi connectivity index (χ0v) is 19.5. The summed E-state index contributed by atoms with van der Waals surface area (Å²) in [5.74, 6) is -0.354. The van der Waals surface area contributed by atoms with Gasteiger partial charge < -0.3 is 5.32 Å². The Morgan fingerprint density at radius 3 is 2.21 bits per heavy atom. The number of rotatable bonds is 11. The predicted octanol–water partition coefficient (Wildman–Crippen LogP) is 2.57. The number of amides is 2. The number of carbonyl (C=O) groups is 2. The fourth-order valence-corrected chi connectivity index (χ4v) is 5.18. The minimum Gasteiger partial charge on any atom is -0.353 e. The van der Waals surface area contributed by atoms with Gasteiger partial charge in [0.25, 0.3) is 0 Å². The van der Waals surface area contributed by atoms with E-state index in [4.69, 9.17) is 5.21 Å². The van der Waals surface area contributed by atoms with Crippen molar-refractivity contribution in [3.8, 4) is 0 Å². The van der Waals surface area contributed by atoms with Crippen LogP contribution in [0.1, 0.15) is 75.8 Å². The lowest BCUT2D eigenvalue weighted by atomic mass is 9.91. The Labute approximate surface area is 196 Å². The molecule has 0 atom stereocenters. The van der Waals surface area contributed by atoms with Crippen molar-refractivity contribution in [3.63, 3.8) is 0 Å². The Morgan fingerprint density at radius 1 is 0.939 bits per heavy atom. The molecule has 0 saturated heterocycles. The standard InChI is InChI=1S/C23H32N4O5S/c28-20(10-6-1-2-7-11-21(29)25-32)24-18-12-14-19(15-13-18)27-22(30)26(23(31)33-27)16-17-8-4-3-5-9-17/h3-5,8-9,18-19,32H,1-2,6-7,10-16H2,(H,24,28)(H,25,29). The summed E-state index contributed by atoms with van der Waals surface area (Å²) in [4.78, 5) is 48.2. The summed E-state index contributed by atoms with van der Waals surface area (Å²) in [5, 5.41) is 11.5. The zero-order valence-electron chi connectivity index (χ0n) is 18.7. The Bertz CT molecular complexity index is 1020. The van der Waals surface area contributed by atoms with Crippen molar-refractivity contribution >= 4 is 23.3 Å². The highest BCUT2D eigenvalue weighted by Crippen LogP contribution is 2.28. The second kappa shape index (κ2) is 12.5. The third-order valence-corrected chi connectivity index (χ3v) is 7.10. The van der Waals surface area contributed by atoms with Crippen LogP contribution in [0.15, 0.2) is 39.9 Å². The summed E-state index contributed by atoms with van der Waals surface area (Å²) in [7, 11) is 0. The number of aromatic nitrogens is 2. The molecule has 1 aliphatic rings. The predicted molar refractivity (Wildman–Crippen MR) is 125 cm³/mol. The first-order valence-electron chi connectivity index (χ1n) is 11.6. The van der Waals surface area contributed by atoms with E-state index in [-0.39, 0.29) is 41.0 Å². The van der Waals surface area contributed by atoms with Crippen molar-refractivity contribution in [3.05, 3.63) is 56.0 Å². The number of unbranched alkanes of at least 4 members (excludes halogenated alkanes) is 3. The molecule has 2 aromatic rings. The third-order valence-electron chi connectivity index (χ3n) is 6.08. The van der Waals surface area contributed by atoms with Gasteiger partial charge in [-0.3, -0.25) is 19.6 Å². The maximum Gasteiger partial charge on any atom is 0.341 e. The molecule has 1 aliphatic carbocycles. The van der Waals surface area contributed by atoms with E-state index >= 15 is 0 Å². The first-order valence-corrected chi connectivity index (χ1v) is 12.3. The van der Waals surface area contributed by atoms with Crippen LogP contribution in [0.5, 0.6) is 0 Å². The van der Waals surface area contributed by atoms with Gasteiger partial charge in [-0.15, -0.1) is 0 Å². The molecular formula is C23H32N4O5S. The Balaban J connectivity index is 1.40. The molecule has 3 N–H and O–H groups in total. The molecule has 9 nitrogen and oxygen atoms in total. The van der Waals surface area contributed by atoms with Crippen molar-refractivity contribution in [1.29, 1.82) is 0 Å². The number of hydroxylamine groups is 1. The molecule has 1 aromatic heterocycles. The normalized spacial score (nSPS) is 18.1. The molecule has 1 fully saturated rings. The van der Waals surface area contributed by atoms with E-state index in [1.54, 1.807) is 9.44 Å². The molecule has 0 radical (unpaired) electrons. The Kier molecular flexibility index (Phi) is 9.44. The highest BCUT2D eigenvalue weighted by atomic mass is 32.1. The number of carbonyl (C=O) groups excluding carboxylic acids is 2. The van der Waals surface area contributed by atoms with Gasteiger partial charge in [-0.1, -0.05) is 43.2 Å². The van der Waals surface area contributed by atoms with Crippen LogP contribution in [0, 0.1) is 0 Å². The monoisotopic (exact) mass is 476 g/mol. The summed E-state index contributed by atoms with van der Waals surface area (Å²) in [6.45, 7) is 0.280. The molecule has 0 bridgehead atoms. The van der Waals surface area contributed by atoms with Gasteiger partial charge in [-0.05, 0) is 44.1 Å². The van der Waals surface area contributed by atoms with Gasteiger partial charge in [-0.25, -0.2) is 18.8 Å². The first kappa shape index (κ1) is 24.9. The molecule has 10 heteroatoms. The van der Waals surface area contributed by atoms with E-state index in [0.717, 1.165) is 62.0 Å². The van der Waals surface area contributed by atoms with Gasteiger partial charge in [-0.2, -0.15) is 0 Å². The van der Waals surface area contributed by atoms with Crippen molar-refractivity contribution in [1.82, 2.24) is 19.3 Å². The van der Waals surface area contributed by atoms with E-state index in [2.05, 4.69) is 5.32 Å². The fraction of sp³-hybridized carbons (Fsp3) is 0.565. The topological polar surface area (TPSA) is 122 Å². The van der Waals surface area contributed by atoms with Crippen LogP contribution in [0.4, 0.5) is 0 Å². The second-order valence-corrected chi connectivity index (χ2v) is 9.48. The second-order valence-electron chi connectivity index (χ2n) is 8.56. The molecule has 1 aromatic carbocycles. The molecule has 1 heterocycles. The SMILES string of the molecule is O=C(CCCCCCC(=O)NC1CCC(n2sc(=O)n(Cc3ccccc3)c2=O)CC1)NO. The summed E-state index contributed by atoms with van der Waals surface area (Å²) < 4.78 is 2.91. The van der Waals surface area contributed by atoms with E-state index in [1.807, 2.05) is 30.3 Å². The molecule has 0 spiro atoms. The summed E-state index contributed by atoms with van der Waals surface area (Å²) in [6.07, 6.45) is 6.97. The number of nitrogens with zero attached hydrogens (tertiary/aromatic N) is 2. The van der Waals surface area contributed by atoms with Crippen molar-refractivity contribution in [2.45, 2.75) is 82.8 Å². The van der Waals surface area contributed by atoms with Crippen molar-refractivity contribution in [2.24, 2.45) is 0 Å². The minimum absolute atomic E-state index is 0.00324. The van der Waals surface area contributed by atoms with Crippen LogP contribution in [0.2, 0.25) is 0 Å². The lowest BCUT2D eigenvalue weighted by Crippen LogP contribution is -2.39. The quantitative estimate of drug-likeness (QED) is 0.261. The Morgan fingerprint density at radius 2 is 1.58 bits per heavy atom. The molecule has 33 heavy (non-hydrogen) atoms. The number of benzene rings is 1.